The summed E-state index contributed by atoms with van der Waals surface area (Å²) in [4.78, 5) is 14.1. The zero-order valence-corrected chi connectivity index (χ0v) is 11.8. The van der Waals surface area contributed by atoms with E-state index in [1.54, 1.807) is 0 Å². The van der Waals surface area contributed by atoms with E-state index < -0.39 is 0 Å². The van der Waals surface area contributed by atoms with Crippen molar-refractivity contribution in [2.24, 2.45) is 11.7 Å². The van der Waals surface area contributed by atoms with Gasteiger partial charge in [-0.25, -0.2) is 0 Å². The van der Waals surface area contributed by atoms with Crippen LogP contribution in [0.5, 0.6) is 0 Å². The number of carbonyl (C=O) groups is 1. The van der Waals surface area contributed by atoms with Crippen molar-refractivity contribution in [3.63, 3.8) is 0 Å². The first-order chi connectivity index (χ1) is 8.15. The Kier molecular flexibility index (Phi) is 6.92. The highest BCUT2D eigenvalue weighted by molar-refractivity contribution is 7.99. The van der Waals surface area contributed by atoms with E-state index in [4.69, 9.17) is 5.73 Å². The normalized spacial score (nSPS) is 20.9. The first-order valence-corrected chi connectivity index (χ1v) is 7.64. The molecule has 1 fully saturated rings. The second kappa shape index (κ2) is 7.95. The maximum atomic E-state index is 11.7. The van der Waals surface area contributed by atoms with Gasteiger partial charge in [-0.2, -0.15) is 11.8 Å². The lowest BCUT2D eigenvalue weighted by atomic mass is 9.99. The van der Waals surface area contributed by atoms with Gasteiger partial charge in [0.15, 0.2) is 0 Å². The average Bonchev–Trinajstić information content (AvgIpc) is 2.38. The minimum Gasteiger partial charge on any atom is -0.353 e. The van der Waals surface area contributed by atoms with E-state index in [0.29, 0.717) is 6.54 Å². The molecule has 0 aromatic rings. The van der Waals surface area contributed by atoms with Crippen molar-refractivity contribution in [2.45, 2.75) is 26.3 Å². The summed E-state index contributed by atoms with van der Waals surface area (Å²) in [7, 11) is 0. The van der Waals surface area contributed by atoms with Crippen molar-refractivity contribution >= 4 is 17.7 Å². The number of nitrogens with one attached hydrogen (secondary N) is 1. The van der Waals surface area contributed by atoms with Crippen molar-refractivity contribution < 1.29 is 4.79 Å². The molecule has 1 rings (SSSR count). The summed E-state index contributed by atoms with van der Waals surface area (Å²) in [6.07, 6.45) is 0.942. The molecule has 0 bridgehead atoms. The Morgan fingerprint density at radius 2 is 2.12 bits per heavy atom. The topological polar surface area (TPSA) is 58.4 Å². The minimum atomic E-state index is -0.364. The van der Waals surface area contributed by atoms with Crippen LogP contribution in [0.4, 0.5) is 0 Å². The van der Waals surface area contributed by atoms with Gasteiger partial charge in [0, 0.05) is 37.7 Å². The molecule has 0 radical (unpaired) electrons. The molecule has 1 aliphatic heterocycles. The average molecular weight is 259 g/mol. The van der Waals surface area contributed by atoms with Gasteiger partial charge in [-0.15, -0.1) is 0 Å². The predicted molar refractivity (Wildman–Crippen MR) is 74.2 cm³/mol. The van der Waals surface area contributed by atoms with Crippen molar-refractivity contribution in [3.05, 3.63) is 0 Å². The molecule has 5 heteroatoms. The maximum Gasteiger partial charge on any atom is 0.237 e. The molecule has 0 aliphatic carbocycles. The number of nitrogens with zero attached hydrogens (tertiary/aromatic N) is 1. The molecule has 3 N–H and O–H groups in total. The first-order valence-electron chi connectivity index (χ1n) is 6.48. The van der Waals surface area contributed by atoms with Gasteiger partial charge in [0.1, 0.15) is 0 Å². The third-order valence-corrected chi connectivity index (χ3v) is 4.33. The van der Waals surface area contributed by atoms with Crippen LogP contribution >= 0.6 is 11.8 Å². The van der Waals surface area contributed by atoms with E-state index in [2.05, 4.69) is 17.1 Å². The van der Waals surface area contributed by atoms with Gasteiger partial charge >= 0.3 is 0 Å². The lowest BCUT2D eigenvalue weighted by Gasteiger charge is -2.26. The van der Waals surface area contributed by atoms with Gasteiger partial charge in [-0.3, -0.25) is 9.69 Å². The number of carbonyl (C=O) groups excluding carboxylic acids is 1. The van der Waals surface area contributed by atoms with E-state index >= 15 is 0 Å². The fraction of sp³-hybridized carbons (Fsp3) is 0.917. The summed E-state index contributed by atoms with van der Waals surface area (Å²) in [5.41, 5.74) is 5.86. The van der Waals surface area contributed by atoms with E-state index in [1.807, 2.05) is 18.7 Å². The Labute approximate surface area is 109 Å². The van der Waals surface area contributed by atoms with Crippen LogP contribution in [-0.4, -0.2) is 54.5 Å². The molecule has 0 aromatic heterocycles. The molecule has 1 amide bonds. The van der Waals surface area contributed by atoms with Crippen molar-refractivity contribution in [3.8, 4) is 0 Å². The van der Waals surface area contributed by atoms with Crippen LogP contribution in [0.2, 0.25) is 0 Å². The summed E-state index contributed by atoms with van der Waals surface area (Å²) < 4.78 is 0. The van der Waals surface area contributed by atoms with E-state index in [9.17, 15) is 4.79 Å². The number of rotatable bonds is 6. The largest absolute Gasteiger partial charge is 0.353 e. The van der Waals surface area contributed by atoms with Gasteiger partial charge in [-0.05, 0) is 5.92 Å². The third kappa shape index (κ3) is 5.27. The second-order valence-corrected chi connectivity index (χ2v) is 5.88. The first kappa shape index (κ1) is 14.8. The van der Waals surface area contributed by atoms with Crippen molar-refractivity contribution in [1.82, 2.24) is 10.2 Å². The third-order valence-electron chi connectivity index (χ3n) is 3.39. The molecule has 1 saturated heterocycles. The highest BCUT2D eigenvalue weighted by Gasteiger charge is 2.19. The zero-order chi connectivity index (χ0) is 12.7. The highest BCUT2D eigenvalue weighted by Crippen LogP contribution is 2.08. The molecule has 1 aliphatic rings. The van der Waals surface area contributed by atoms with Crippen LogP contribution in [0.1, 0.15) is 20.3 Å². The smallest absolute Gasteiger partial charge is 0.237 e. The monoisotopic (exact) mass is 259 g/mol. The summed E-state index contributed by atoms with van der Waals surface area (Å²) in [6, 6.07) is -0.364. The summed E-state index contributed by atoms with van der Waals surface area (Å²) in [5.74, 6) is 2.66. The fourth-order valence-electron chi connectivity index (χ4n) is 1.79. The van der Waals surface area contributed by atoms with Crippen LogP contribution in [0.3, 0.4) is 0 Å². The lowest BCUT2D eigenvalue weighted by Crippen LogP contribution is -2.47. The maximum absolute atomic E-state index is 11.7. The molecule has 17 heavy (non-hydrogen) atoms. The van der Waals surface area contributed by atoms with E-state index in [1.165, 1.54) is 11.5 Å². The van der Waals surface area contributed by atoms with Gasteiger partial charge < -0.3 is 11.1 Å². The van der Waals surface area contributed by atoms with Gasteiger partial charge in [0.05, 0.1) is 6.04 Å². The molecule has 0 spiro atoms. The minimum absolute atomic E-state index is 0.00858. The van der Waals surface area contributed by atoms with Crippen molar-refractivity contribution in [2.75, 3.05) is 37.7 Å². The number of thioether (sulfide) groups is 1. The molecule has 4 nitrogen and oxygen atoms in total. The van der Waals surface area contributed by atoms with Gasteiger partial charge in [0.25, 0.3) is 0 Å². The number of hydrogen-bond donors (Lipinski definition) is 2. The quantitative estimate of drug-likeness (QED) is 0.730. The Hall–Kier alpha value is -0.260. The lowest BCUT2D eigenvalue weighted by molar-refractivity contribution is -0.123. The Morgan fingerprint density at radius 3 is 2.71 bits per heavy atom. The van der Waals surface area contributed by atoms with E-state index in [-0.39, 0.29) is 17.9 Å². The molecule has 0 saturated carbocycles. The predicted octanol–water partition coefficient (Wildman–Crippen LogP) is 0.525. The molecular formula is C12H25N3OS. The Bertz CT molecular complexity index is 232. The Morgan fingerprint density at radius 1 is 1.47 bits per heavy atom. The van der Waals surface area contributed by atoms with Crippen LogP contribution < -0.4 is 11.1 Å². The van der Waals surface area contributed by atoms with Gasteiger partial charge in [0.2, 0.25) is 5.91 Å². The summed E-state index contributed by atoms with van der Waals surface area (Å²) >= 11 is 2.00. The molecule has 2 atom stereocenters. The fourth-order valence-corrected chi connectivity index (χ4v) is 2.77. The Balaban J connectivity index is 2.14. The zero-order valence-electron chi connectivity index (χ0n) is 10.9. The van der Waals surface area contributed by atoms with Crippen LogP contribution in [0, 0.1) is 5.92 Å². The molecular weight excluding hydrogens is 234 g/mol. The molecule has 1 heterocycles. The number of nitrogens with two attached hydrogens (primary N) is 1. The van der Waals surface area contributed by atoms with Crippen LogP contribution in [0.15, 0.2) is 0 Å². The van der Waals surface area contributed by atoms with E-state index in [0.717, 1.165) is 26.1 Å². The highest BCUT2D eigenvalue weighted by atomic mass is 32.2. The standard InChI is InChI=1S/C12H25N3OS/c1-3-10(2)11(13)12(16)14-4-5-15-6-8-17-9-7-15/h10-11H,3-9,13H2,1-2H3,(H,14,16). The molecule has 0 aromatic carbocycles. The van der Waals surface area contributed by atoms with Crippen LogP contribution in [-0.2, 0) is 4.79 Å². The molecule has 2 unspecified atom stereocenters. The summed E-state index contributed by atoms with van der Waals surface area (Å²) in [5, 5.41) is 2.93. The van der Waals surface area contributed by atoms with Crippen molar-refractivity contribution in [1.29, 1.82) is 0 Å². The molecule has 100 valence electrons. The number of amides is 1. The summed E-state index contributed by atoms with van der Waals surface area (Å²) in [6.45, 7) is 8.01. The SMILES string of the molecule is CCC(C)C(N)C(=O)NCCN1CCSCC1. The van der Waals surface area contributed by atoms with Crippen LogP contribution in [0.25, 0.3) is 0 Å². The second-order valence-electron chi connectivity index (χ2n) is 4.66. The number of hydrogen-bond acceptors (Lipinski definition) is 4. The van der Waals surface area contributed by atoms with Gasteiger partial charge in [-0.1, -0.05) is 20.3 Å².